The predicted octanol–water partition coefficient (Wildman–Crippen LogP) is 2.20. The minimum Gasteiger partial charge on any atom is -0.347 e. The normalized spacial score (nSPS) is 17.1. The second-order valence-electron chi connectivity index (χ2n) is 7.47. The molecule has 0 fully saturated rings. The van der Waals surface area contributed by atoms with Gasteiger partial charge in [0.25, 0.3) is 0 Å². The van der Waals surface area contributed by atoms with Gasteiger partial charge in [0.15, 0.2) is 0 Å². The number of fused-ring (bicyclic) bond motifs is 1. The fourth-order valence-corrected chi connectivity index (χ4v) is 4.82. The van der Waals surface area contributed by atoms with E-state index in [-0.39, 0.29) is 25.4 Å². The van der Waals surface area contributed by atoms with Crippen LogP contribution in [0, 0.1) is 11.3 Å². The van der Waals surface area contributed by atoms with Gasteiger partial charge in [0.1, 0.15) is 6.04 Å². The molecule has 1 amide bonds. The summed E-state index contributed by atoms with van der Waals surface area (Å²) in [7, 11) is -3.72. The van der Waals surface area contributed by atoms with Gasteiger partial charge in [0.2, 0.25) is 15.9 Å². The van der Waals surface area contributed by atoms with Gasteiger partial charge in [-0.1, -0.05) is 30.3 Å². The summed E-state index contributed by atoms with van der Waals surface area (Å²) in [5, 5.41) is 9.33. The van der Waals surface area contributed by atoms with Crippen molar-refractivity contribution in [2.45, 2.75) is 25.6 Å². The molecule has 0 bridgehead atoms. The Labute approximate surface area is 180 Å². The third-order valence-corrected chi connectivity index (χ3v) is 6.54. The Balaban J connectivity index is 1.84. The molecule has 1 N–H and O–H groups in total. The fraction of sp³-hybridized carbons (Fsp3) is 0.227. The van der Waals surface area contributed by atoms with Gasteiger partial charge in [-0.2, -0.15) is 9.57 Å². The van der Waals surface area contributed by atoms with Gasteiger partial charge in [-0.25, -0.2) is 13.4 Å². The molecule has 4 rings (SSSR count). The Morgan fingerprint density at radius 1 is 1.23 bits per heavy atom. The summed E-state index contributed by atoms with van der Waals surface area (Å²) in [6.07, 6.45) is 4.51. The van der Waals surface area contributed by atoms with Gasteiger partial charge in [-0.3, -0.25) is 4.79 Å². The quantitative estimate of drug-likeness (QED) is 0.661. The van der Waals surface area contributed by atoms with Gasteiger partial charge >= 0.3 is 0 Å². The Hall–Kier alpha value is -3.48. The summed E-state index contributed by atoms with van der Waals surface area (Å²) in [6, 6.07) is 15.5. The number of nitriles is 1. The standard InChI is InChI=1S/C22H21N5O3S/c1-31(29,30)27-13-18-9-17(11-23)7-8-20(18)26(14-19-12-24-15-25-19)22(28)21(27)10-16-5-3-2-4-6-16/h2-9,12,15,21H,10,13-14H2,1H3,(H,24,25). The number of amides is 1. The van der Waals surface area contributed by atoms with E-state index in [0.29, 0.717) is 16.8 Å². The zero-order valence-electron chi connectivity index (χ0n) is 16.9. The lowest BCUT2D eigenvalue weighted by molar-refractivity contribution is -0.122. The zero-order chi connectivity index (χ0) is 22.0. The molecule has 31 heavy (non-hydrogen) atoms. The highest BCUT2D eigenvalue weighted by atomic mass is 32.2. The summed E-state index contributed by atoms with van der Waals surface area (Å²) in [5.74, 6) is -0.327. The largest absolute Gasteiger partial charge is 0.347 e. The van der Waals surface area contributed by atoms with E-state index >= 15 is 0 Å². The highest BCUT2D eigenvalue weighted by Gasteiger charge is 2.39. The Kier molecular flexibility index (Phi) is 5.59. The minimum absolute atomic E-state index is 0.00635. The lowest BCUT2D eigenvalue weighted by atomic mass is 10.0. The lowest BCUT2D eigenvalue weighted by Crippen LogP contribution is -2.49. The number of carbonyl (C=O) groups is 1. The zero-order valence-corrected chi connectivity index (χ0v) is 17.7. The Bertz CT molecular complexity index is 1230. The molecule has 1 aliphatic rings. The molecule has 3 aromatic rings. The van der Waals surface area contributed by atoms with E-state index in [4.69, 9.17) is 0 Å². The molecule has 1 aromatic heterocycles. The summed E-state index contributed by atoms with van der Waals surface area (Å²) in [5.41, 5.74) is 3.17. The number of sulfonamides is 1. The van der Waals surface area contributed by atoms with Crippen LogP contribution in [0.5, 0.6) is 0 Å². The van der Waals surface area contributed by atoms with Crippen LogP contribution in [0.25, 0.3) is 0 Å². The van der Waals surface area contributed by atoms with Crippen LogP contribution in [0.3, 0.4) is 0 Å². The number of aromatic amines is 1. The van der Waals surface area contributed by atoms with Crippen LogP contribution in [0.2, 0.25) is 0 Å². The molecule has 1 aliphatic heterocycles. The first kappa shape index (κ1) is 20.8. The van der Waals surface area contributed by atoms with Crippen molar-refractivity contribution in [3.8, 4) is 6.07 Å². The van der Waals surface area contributed by atoms with Crippen LogP contribution in [0.1, 0.15) is 22.4 Å². The van der Waals surface area contributed by atoms with E-state index in [1.807, 2.05) is 30.3 Å². The molecular weight excluding hydrogens is 414 g/mol. The first-order valence-corrected chi connectivity index (χ1v) is 11.5. The average molecular weight is 436 g/mol. The van der Waals surface area contributed by atoms with Crippen molar-refractivity contribution in [3.05, 3.63) is 83.4 Å². The number of anilines is 1. The number of aromatic nitrogens is 2. The van der Waals surface area contributed by atoms with E-state index in [1.165, 1.54) is 10.6 Å². The van der Waals surface area contributed by atoms with E-state index in [9.17, 15) is 18.5 Å². The van der Waals surface area contributed by atoms with Crippen molar-refractivity contribution in [1.82, 2.24) is 14.3 Å². The van der Waals surface area contributed by atoms with Gasteiger partial charge < -0.3 is 9.88 Å². The minimum atomic E-state index is -3.72. The number of carbonyl (C=O) groups excluding carboxylic acids is 1. The van der Waals surface area contributed by atoms with Crippen LogP contribution in [-0.2, 0) is 34.3 Å². The Morgan fingerprint density at radius 3 is 2.65 bits per heavy atom. The molecule has 1 unspecified atom stereocenters. The van der Waals surface area contributed by atoms with Crippen molar-refractivity contribution in [3.63, 3.8) is 0 Å². The third-order valence-electron chi connectivity index (χ3n) is 5.31. The molecule has 9 heteroatoms. The topological polar surface area (TPSA) is 110 Å². The summed E-state index contributed by atoms with van der Waals surface area (Å²) < 4.78 is 26.7. The lowest BCUT2D eigenvalue weighted by Gasteiger charge is -2.29. The molecule has 2 heterocycles. The van der Waals surface area contributed by atoms with Crippen molar-refractivity contribution in [2.75, 3.05) is 11.2 Å². The summed E-state index contributed by atoms with van der Waals surface area (Å²) in [4.78, 5) is 22.4. The monoisotopic (exact) mass is 435 g/mol. The third kappa shape index (κ3) is 4.35. The van der Waals surface area contributed by atoms with E-state index in [2.05, 4.69) is 16.0 Å². The fourth-order valence-electron chi connectivity index (χ4n) is 3.82. The van der Waals surface area contributed by atoms with Crippen molar-refractivity contribution in [2.24, 2.45) is 0 Å². The predicted molar refractivity (Wildman–Crippen MR) is 115 cm³/mol. The second kappa shape index (κ2) is 8.34. The first-order valence-electron chi connectivity index (χ1n) is 9.69. The molecule has 0 spiro atoms. The van der Waals surface area contributed by atoms with Gasteiger partial charge in [0.05, 0.1) is 36.5 Å². The maximum absolute atomic E-state index is 13.8. The average Bonchev–Trinajstić information content (AvgIpc) is 3.23. The van der Waals surface area contributed by atoms with Crippen molar-refractivity contribution in [1.29, 1.82) is 5.26 Å². The number of imidazole rings is 1. The van der Waals surface area contributed by atoms with Gasteiger partial charge in [-0.15, -0.1) is 0 Å². The number of nitrogens with zero attached hydrogens (tertiary/aromatic N) is 4. The van der Waals surface area contributed by atoms with Gasteiger partial charge in [-0.05, 0) is 35.7 Å². The first-order chi connectivity index (χ1) is 14.9. The molecule has 0 aliphatic carbocycles. The molecular formula is C22H21N5O3S. The maximum atomic E-state index is 13.8. The highest BCUT2D eigenvalue weighted by Crippen LogP contribution is 2.32. The highest BCUT2D eigenvalue weighted by molar-refractivity contribution is 7.88. The van der Waals surface area contributed by atoms with Crippen molar-refractivity contribution >= 4 is 21.6 Å². The van der Waals surface area contributed by atoms with Crippen molar-refractivity contribution < 1.29 is 13.2 Å². The molecule has 0 radical (unpaired) electrons. The molecule has 2 aromatic carbocycles. The van der Waals surface area contributed by atoms with Crippen LogP contribution >= 0.6 is 0 Å². The molecule has 1 atom stereocenters. The van der Waals surface area contributed by atoms with Crippen LogP contribution in [-0.4, -0.2) is 40.9 Å². The number of H-pyrrole nitrogens is 1. The van der Waals surface area contributed by atoms with Crippen LogP contribution in [0.15, 0.2) is 61.1 Å². The number of rotatable bonds is 5. The number of nitrogens with one attached hydrogen (secondary N) is 1. The second-order valence-corrected chi connectivity index (χ2v) is 9.41. The maximum Gasteiger partial charge on any atom is 0.246 e. The summed E-state index contributed by atoms with van der Waals surface area (Å²) in [6.45, 7) is 0.215. The number of hydrogen-bond acceptors (Lipinski definition) is 5. The number of benzene rings is 2. The van der Waals surface area contributed by atoms with E-state index in [1.54, 1.807) is 29.3 Å². The summed E-state index contributed by atoms with van der Waals surface area (Å²) >= 11 is 0. The molecule has 0 saturated carbocycles. The molecule has 8 nitrogen and oxygen atoms in total. The molecule has 0 saturated heterocycles. The Morgan fingerprint density at radius 2 is 2.00 bits per heavy atom. The van der Waals surface area contributed by atoms with Crippen LogP contribution in [0.4, 0.5) is 5.69 Å². The van der Waals surface area contributed by atoms with Gasteiger partial charge in [0, 0.05) is 18.4 Å². The van der Waals surface area contributed by atoms with E-state index < -0.39 is 16.1 Å². The van der Waals surface area contributed by atoms with Crippen LogP contribution < -0.4 is 4.90 Å². The SMILES string of the molecule is CS(=O)(=O)N1Cc2cc(C#N)ccc2N(Cc2cnc[nH]2)C(=O)C1Cc1ccccc1. The number of hydrogen-bond donors (Lipinski definition) is 1. The molecule has 158 valence electrons. The smallest absolute Gasteiger partial charge is 0.246 e. The van der Waals surface area contributed by atoms with E-state index in [0.717, 1.165) is 17.5 Å².